The minimum atomic E-state index is -3.23. The molecule has 0 spiro atoms. The number of nitrogens with one attached hydrogen (secondary N) is 3. The summed E-state index contributed by atoms with van der Waals surface area (Å²) in [5.41, 5.74) is 7.87. The van der Waals surface area contributed by atoms with Gasteiger partial charge in [-0.3, -0.25) is 4.79 Å². The van der Waals surface area contributed by atoms with Crippen molar-refractivity contribution in [3.8, 4) is 17.1 Å². The third kappa shape index (κ3) is 6.35. The molecule has 1 unspecified atom stereocenters. The summed E-state index contributed by atoms with van der Waals surface area (Å²) in [5, 5.41) is 6.61. The van der Waals surface area contributed by atoms with Gasteiger partial charge in [-0.25, -0.2) is 18.4 Å². The van der Waals surface area contributed by atoms with Crippen molar-refractivity contribution >= 4 is 54.4 Å². The fourth-order valence-electron chi connectivity index (χ4n) is 5.60. The van der Waals surface area contributed by atoms with Crippen LogP contribution in [-0.4, -0.2) is 88.6 Å². The number of H-pyrrole nitrogens is 1. The highest BCUT2D eigenvalue weighted by atomic mass is 79.9. The van der Waals surface area contributed by atoms with E-state index < -0.39 is 10.0 Å². The molecular formula is C30H39BrN8O3S. The molecule has 3 aromatic heterocycles. The number of pyridine rings is 1. The Labute approximate surface area is 261 Å². The van der Waals surface area contributed by atoms with Gasteiger partial charge in [0.05, 0.1) is 21.6 Å². The molecule has 13 heteroatoms. The number of sulfonamides is 1. The topological polar surface area (TPSA) is 128 Å². The molecule has 1 aliphatic rings. The lowest BCUT2D eigenvalue weighted by atomic mass is 10.1. The summed E-state index contributed by atoms with van der Waals surface area (Å²) in [4.78, 5) is 27.4. The standard InChI is InChI=1S/C30H39BrN8O3S/c1-7-43(41,42)38-14-11-21(17-38)33-27-23(31)16-32-30-28(27)35-29(36-30)22-15-18(2)39(20(22)4)25-10-8-9-24(19(25)3)34-26(40)12-13-37(5)6/h8-10,15-16,21H,7,11-14,17H2,1-6H3,(H,34,40)(H2,32,33,35,36). The number of fused-ring (bicyclic) bond motifs is 1. The Morgan fingerprint density at radius 3 is 2.72 bits per heavy atom. The Morgan fingerprint density at radius 1 is 1.23 bits per heavy atom. The zero-order valence-electron chi connectivity index (χ0n) is 25.5. The molecular weight excluding hydrogens is 632 g/mol. The number of benzene rings is 1. The van der Waals surface area contributed by atoms with Crippen molar-refractivity contribution in [1.82, 2.24) is 28.7 Å². The molecule has 4 aromatic rings. The molecule has 3 N–H and O–H groups in total. The molecule has 1 aromatic carbocycles. The average molecular weight is 672 g/mol. The van der Waals surface area contributed by atoms with Gasteiger partial charge in [-0.1, -0.05) is 6.07 Å². The molecule has 1 atom stereocenters. The molecule has 43 heavy (non-hydrogen) atoms. The maximum absolute atomic E-state index is 12.6. The molecule has 1 fully saturated rings. The van der Waals surface area contributed by atoms with Crippen LogP contribution in [0.1, 0.15) is 36.7 Å². The molecule has 230 valence electrons. The molecule has 0 bridgehead atoms. The van der Waals surface area contributed by atoms with Gasteiger partial charge < -0.3 is 25.1 Å². The van der Waals surface area contributed by atoms with E-state index in [9.17, 15) is 13.2 Å². The molecule has 11 nitrogen and oxygen atoms in total. The Bertz CT molecular complexity index is 1780. The van der Waals surface area contributed by atoms with Crippen LogP contribution in [0.2, 0.25) is 0 Å². The summed E-state index contributed by atoms with van der Waals surface area (Å²) < 4.78 is 29.3. The monoisotopic (exact) mass is 670 g/mol. The predicted octanol–water partition coefficient (Wildman–Crippen LogP) is 4.83. The van der Waals surface area contributed by atoms with Gasteiger partial charge in [0.1, 0.15) is 11.3 Å². The number of rotatable bonds is 10. The molecule has 0 saturated carbocycles. The molecule has 1 saturated heterocycles. The van der Waals surface area contributed by atoms with E-state index >= 15 is 0 Å². The van der Waals surface area contributed by atoms with Crippen molar-refractivity contribution in [1.29, 1.82) is 0 Å². The number of aromatic nitrogens is 4. The van der Waals surface area contributed by atoms with Crippen LogP contribution in [0.3, 0.4) is 0 Å². The Balaban J connectivity index is 1.45. The summed E-state index contributed by atoms with van der Waals surface area (Å²) in [6, 6.07) is 8.01. The SMILES string of the molecule is CCS(=O)(=O)N1CCC(Nc2c(Br)cnc3nc(-c4cc(C)n(-c5cccc(NC(=O)CCN(C)C)c5C)c4C)[nH]c23)C1. The van der Waals surface area contributed by atoms with Crippen LogP contribution in [0, 0.1) is 20.8 Å². The summed E-state index contributed by atoms with van der Waals surface area (Å²) in [5.74, 6) is 0.772. The number of aryl methyl sites for hydroxylation is 1. The van der Waals surface area contributed by atoms with Crippen LogP contribution in [0.25, 0.3) is 28.2 Å². The number of aromatic amines is 1. The van der Waals surface area contributed by atoms with E-state index in [1.807, 2.05) is 38.1 Å². The second-order valence-corrected chi connectivity index (χ2v) is 14.4. The van der Waals surface area contributed by atoms with E-state index in [-0.39, 0.29) is 17.7 Å². The predicted molar refractivity (Wildman–Crippen MR) is 175 cm³/mol. The van der Waals surface area contributed by atoms with Gasteiger partial charge in [-0.2, -0.15) is 4.31 Å². The van der Waals surface area contributed by atoms with E-state index in [1.165, 1.54) is 0 Å². The van der Waals surface area contributed by atoms with Crippen molar-refractivity contribution in [2.75, 3.05) is 50.1 Å². The highest BCUT2D eigenvalue weighted by Crippen LogP contribution is 2.35. The normalized spacial score (nSPS) is 16.0. The maximum Gasteiger partial charge on any atom is 0.225 e. The van der Waals surface area contributed by atoms with Crippen LogP contribution in [0.5, 0.6) is 0 Å². The number of halogens is 1. The highest BCUT2D eigenvalue weighted by molar-refractivity contribution is 9.10. The summed E-state index contributed by atoms with van der Waals surface area (Å²) in [7, 11) is 0.673. The van der Waals surface area contributed by atoms with Gasteiger partial charge in [-0.15, -0.1) is 0 Å². The van der Waals surface area contributed by atoms with Crippen molar-refractivity contribution in [2.24, 2.45) is 0 Å². The van der Waals surface area contributed by atoms with Gasteiger partial charge in [-0.05, 0) is 87.9 Å². The Hall–Kier alpha value is -3.26. The van der Waals surface area contributed by atoms with E-state index in [0.717, 1.165) is 49.6 Å². The second-order valence-electron chi connectivity index (χ2n) is 11.3. The van der Waals surface area contributed by atoms with Crippen LogP contribution in [-0.2, 0) is 14.8 Å². The number of carbonyl (C=O) groups excluding carboxylic acids is 1. The molecule has 4 heterocycles. The first-order chi connectivity index (χ1) is 20.4. The summed E-state index contributed by atoms with van der Waals surface area (Å²) in [6.45, 7) is 9.41. The quantitative estimate of drug-likeness (QED) is 0.221. The van der Waals surface area contributed by atoms with Crippen molar-refractivity contribution in [2.45, 2.75) is 46.6 Å². The van der Waals surface area contributed by atoms with Crippen molar-refractivity contribution in [3.05, 3.63) is 51.9 Å². The second kappa shape index (κ2) is 12.4. The lowest BCUT2D eigenvalue weighted by Crippen LogP contribution is -2.32. The summed E-state index contributed by atoms with van der Waals surface area (Å²) in [6.07, 6.45) is 2.86. The third-order valence-electron chi connectivity index (χ3n) is 8.02. The first kappa shape index (κ1) is 31.2. The Kier molecular flexibility index (Phi) is 8.98. The first-order valence-electron chi connectivity index (χ1n) is 14.4. The number of nitrogens with zero attached hydrogens (tertiary/aromatic N) is 5. The van der Waals surface area contributed by atoms with Gasteiger partial charge in [0.15, 0.2) is 5.65 Å². The number of amides is 1. The van der Waals surface area contributed by atoms with Gasteiger partial charge in [0.25, 0.3) is 0 Å². The van der Waals surface area contributed by atoms with Crippen molar-refractivity contribution in [3.63, 3.8) is 0 Å². The van der Waals surface area contributed by atoms with Crippen LogP contribution in [0.4, 0.5) is 11.4 Å². The fraction of sp³-hybridized carbons (Fsp3) is 0.433. The number of anilines is 2. The fourth-order valence-corrected chi connectivity index (χ4v) is 7.17. The third-order valence-corrected chi connectivity index (χ3v) is 10.5. The molecule has 0 aliphatic carbocycles. The smallest absolute Gasteiger partial charge is 0.225 e. The molecule has 5 rings (SSSR count). The van der Waals surface area contributed by atoms with Gasteiger partial charge in [0, 0.05) is 60.9 Å². The van der Waals surface area contributed by atoms with Crippen LogP contribution >= 0.6 is 15.9 Å². The average Bonchev–Trinajstić information content (AvgIpc) is 3.68. The number of hydrogen-bond donors (Lipinski definition) is 3. The zero-order chi connectivity index (χ0) is 31.1. The molecule has 1 amide bonds. The lowest BCUT2D eigenvalue weighted by molar-refractivity contribution is -0.116. The van der Waals surface area contributed by atoms with Crippen LogP contribution < -0.4 is 10.6 Å². The summed E-state index contributed by atoms with van der Waals surface area (Å²) >= 11 is 3.63. The first-order valence-corrected chi connectivity index (χ1v) is 16.8. The Morgan fingerprint density at radius 2 is 2.00 bits per heavy atom. The van der Waals surface area contributed by atoms with Gasteiger partial charge in [0.2, 0.25) is 15.9 Å². The van der Waals surface area contributed by atoms with E-state index in [0.29, 0.717) is 43.9 Å². The molecule has 1 aliphatic heterocycles. The minimum absolute atomic E-state index is 0.0155. The minimum Gasteiger partial charge on any atom is -0.378 e. The number of carbonyl (C=O) groups is 1. The van der Waals surface area contributed by atoms with Gasteiger partial charge >= 0.3 is 0 Å². The van der Waals surface area contributed by atoms with Crippen LogP contribution in [0.15, 0.2) is 34.9 Å². The highest BCUT2D eigenvalue weighted by Gasteiger charge is 2.31. The number of hydrogen-bond acceptors (Lipinski definition) is 7. The van der Waals surface area contributed by atoms with Crippen molar-refractivity contribution < 1.29 is 13.2 Å². The van der Waals surface area contributed by atoms with E-state index in [2.05, 4.69) is 67.1 Å². The van der Waals surface area contributed by atoms with E-state index in [1.54, 1.807) is 17.4 Å². The molecule has 0 radical (unpaired) electrons. The van der Waals surface area contributed by atoms with E-state index in [4.69, 9.17) is 4.98 Å². The largest absolute Gasteiger partial charge is 0.378 e. The number of imidazole rings is 1. The lowest BCUT2D eigenvalue weighted by Gasteiger charge is -2.17. The zero-order valence-corrected chi connectivity index (χ0v) is 27.9. The maximum atomic E-state index is 12.6.